The quantitative estimate of drug-likeness (QED) is 0.669. The molecule has 1 aliphatic carbocycles. The molecule has 0 atom stereocenters. The van der Waals surface area contributed by atoms with Crippen LogP contribution in [0.2, 0.25) is 0 Å². The van der Waals surface area contributed by atoms with Gasteiger partial charge < -0.3 is 0 Å². The van der Waals surface area contributed by atoms with E-state index in [1.165, 1.54) is 0 Å². The fourth-order valence-electron chi connectivity index (χ4n) is 3.58. The third-order valence-electron chi connectivity index (χ3n) is 4.62. The van der Waals surface area contributed by atoms with Gasteiger partial charge in [-0.15, -0.1) is 0 Å². The Morgan fingerprint density at radius 3 is 1.96 bits per heavy atom. The van der Waals surface area contributed by atoms with Crippen molar-refractivity contribution in [2.75, 3.05) is 0 Å². The number of benzene rings is 2. The molecule has 1 aliphatic rings. The predicted molar refractivity (Wildman–Crippen MR) is 97.0 cm³/mol. The van der Waals surface area contributed by atoms with Gasteiger partial charge in [-0.2, -0.15) is 0 Å². The molecule has 0 N–H and O–H groups in total. The molecule has 124 valence electrons. The summed E-state index contributed by atoms with van der Waals surface area (Å²) in [4.78, 5) is 26.1. The van der Waals surface area contributed by atoms with E-state index in [9.17, 15) is 9.59 Å². The van der Waals surface area contributed by atoms with E-state index >= 15 is 0 Å². The van der Waals surface area contributed by atoms with Crippen LogP contribution in [0, 0.1) is 5.92 Å². The monoisotopic (exact) mass is 320 g/mol. The molecule has 0 heterocycles. The van der Waals surface area contributed by atoms with Gasteiger partial charge in [0, 0.05) is 22.3 Å². The zero-order valence-electron chi connectivity index (χ0n) is 15.1. The molecular formula is C22H24O2. The Morgan fingerprint density at radius 1 is 0.833 bits per heavy atom. The average molecular weight is 320 g/mol. The number of hydrogen-bond donors (Lipinski definition) is 0. The van der Waals surface area contributed by atoms with Crippen molar-refractivity contribution in [3.05, 3.63) is 69.8 Å². The molecule has 2 aromatic carbocycles. The summed E-state index contributed by atoms with van der Waals surface area (Å²) >= 11 is 0. The van der Waals surface area contributed by atoms with Crippen LogP contribution in [-0.4, -0.2) is 11.6 Å². The Kier molecular flexibility index (Phi) is 3.95. The van der Waals surface area contributed by atoms with E-state index in [4.69, 9.17) is 0 Å². The highest BCUT2D eigenvalue weighted by atomic mass is 16.1. The van der Waals surface area contributed by atoms with Crippen molar-refractivity contribution in [3.63, 3.8) is 0 Å². The molecule has 0 fully saturated rings. The second kappa shape index (κ2) is 5.70. The molecule has 2 nitrogen and oxygen atoms in total. The van der Waals surface area contributed by atoms with Crippen molar-refractivity contribution < 1.29 is 9.59 Å². The molecule has 0 saturated carbocycles. The Bertz CT molecular complexity index is 836. The lowest BCUT2D eigenvalue weighted by atomic mass is 9.74. The lowest BCUT2D eigenvalue weighted by Gasteiger charge is -2.29. The van der Waals surface area contributed by atoms with Crippen LogP contribution in [0.3, 0.4) is 0 Å². The molecule has 0 aliphatic heterocycles. The Labute approximate surface area is 143 Å². The van der Waals surface area contributed by atoms with Crippen LogP contribution < -0.4 is 0 Å². The number of fused-ring (bicyclic) bond motifs is 2. The van der Waals surface area contributed by atoms with Gasteiger partial charge in [0.05, 0.1) is 0 Å². The highest BCUT2D eigenvalue weighted by molar-refractivity contribution is 6.29. The normalized spacial score (nSPS) is 13.9. The van der Waals surface area contributed by atoms with Crippen molar-refractivity contribution in [3.8, 4) is 0 Å². The van der Waals surface area contributed by atoms with Gasteiger partial charge in [-0.1, -0.05) is 65.0 Å². The first-order chi connectivity index (χ1) is 11.2. The topological polar surface area (TPSA) is 34.1 Å². The third kappa shape index (κ3) is 2.60. The van der Waals surface area contributed by atoms with Crippen molar-refractivity contribution in [2.45, 2.75) is 46.5 Å². The second-order valence-corrected chi connectivity index (χ2v) is 8.07. The number of rotatable bonds is 2. The molecule has 0 amide bonds. The van der Waals surface area contributed by atoms with E-state index in [0.29, 0.717) is 28.2 Å². The summed E-state index contributed by atoms with van der Waals surface area (Å²) in [7, 11) is 0. The van der Waals surface area contributed by atoms with Gasteiger partial charge in [0.25, 0.3) is 0 Å². The maximum atomic E-state index is 13.2. The second-order valence-electron chi connectivity index (χ2n) is 8.07. The zero-order valence-corrected chi connectivity index (χ0v) is 15.1. The van der Waals surface area contributed by atoms with Gasteiger partial charge in [-0.25, -0.2) is 0 Å². The highest BCUT2D eigenvalue weighted by Crippen LogP contribution is 2.36. The molecule has 2 heteroatoms. The molecule has 0 aromatic heterocycles. The Balaban J connectivity index is 2.32. The SMILES string of the molecule is CC(C)Cc1c(C(C)(C)C)ccc2c1C(=O)c1ccccc1C2=O. The fourth-order valence-corrected chi connectivity index (χ4v) is 3.58. The summed E-state index contributed by atoms with van der Waals surface area (Å²) in [6, 6.07) is 11.0. The molecule has 0 saturated heterocycles. The molecule has 0 spiro atoms. The first-order valence-corrected chi connectivity index (χ1v) is 8.56. The Morgan fingerprint density at radius 2 is 1.42 bits per heavy atom. The molecule has 0 bridgehead atoms. The minimum atomic E-state index is -0.0699. The molecule has 0 radical (unpaired) electrons. The summed E-state index contributed by atoms with van der Waals surface area (Å²) in [6.45, 7) is 10.8. The average Bonchev–Trinajstić information content (AvgIpc) is 2.50. The van der Waals surface area contributed by atoms with Crippen LogP contribution in [0.25, 0.3) is 0 Å². The largest absolute Gasteiger partial charge is 0.289 e. The smallest absolute Gasteiger partial charge is 0.194 e. The maximum absolute atomic E-state index is 13.2. The third-order valence-corrected chi connectivity index (χ3v) is 4.62. The van der Waals surface area contributed by atoms with Crippen LogP contribution in [0.5, 0.6) is 0 Å². The van der Waals surface area contributed by atoms with E-state index < -0.39 is 0 Å². The van der Waals surface area contributed by atoms with Crippen LogP contribution in [0.1, 0.15) is 77.6 Å². The van der Waals surface area contributed by atoms with Crippen molar-refractivity contribution in [1.82, 2.24) is 0 Å². The summed E-state index contributed by atoms with van der Waals surface area (Å²) < 4.78 is 0. The standard InChI is InChI=1S/C22H24O2/c1-13(2)12-17-18(22(3,4)5)11-10-16-19(17)21(24)15-9-7-6-8-14(15)20(16)23/h6-11,13H,12H2,1-5H3. The van der Waals surface area contributed by atoms with E-state index in [2.05, 4.69) is 34.6 Å². The van der Waals surface area contributed by atoms with Crippen molar-refractivity contribution in [1.29, 1.82) is 0 Å². The van der Waals surface area contributed by atoms with Gasteiger partial charge in [0.2, 0.25) is 0 Å². The van der Waals surface area contributed by atoms with Gasteiger partial charge in [0.15, 0.2) is 11.6 Å². The number of carbonyl (C=O) groups excluding carboxylic acids is 2. The highest BCUT2D eigenvalue weighted by Gasteiger charge is 2.34. The van der Waals surface area contributed by atoms with Crippen LogP contribution in [0.15, 0.2) is 36.4 Å². The molecule has 24 heavy (non-hydrogen) atoms. The summed E-state index contributed by atoms with van der Waals surface area (Å²) in [5, 5.41) is 0. The van der Waals surface area contributed by atoms with E-state index in [0.717, 1.165) is 17.5 Å². The summed E-state index contributed by atoms with van der Waals surface area (Å²) in [6.07, 6.45) is 0.803. The number of hydrogen-bond acceptors (Lipinski definition) is 2. The van der Waals surface area contributed by atoms with Gasteiger partial charge in [-0.05, 0) is 34.9 Å². The molecular weight excluding hydrogens is 296 g/mol. The van der Waals surface area contributed by atoms with Gasteiger partial charge in [0.1, 0.15) is 0 Å². The van der Waals surface area contributed by atoms with E-state index in [1.807, 2.05) is 24.3 Å². The minimum Gasteiger partial charge on any atom is -0.289 e. The fraction of sp³-hybridized carbons (Fsp3) is 0.364. The summed E-state index contributed by atoms with van der Waals surface area (Å²) in [5.74, 6) is 0.366. The van der Waals surface area contributed by atoms with Crippen molar-refractivity contribution in [2.24, 2.45) is 5.92 Å². The molecule has 0 unspecified atom stereocenters. The van der Waals surface area contributed by atoms with Crippen LogP contribution >= 0.6 is 0 Å². The van der Waals surface area contributed by atoms with Crippen molar-refractivity contribution >= 4 is 11.6 Å². The van der Waals surface area contributed by atoms with E-state index in [1.54, 1.807) is 12.1 Å². The van der Waals surface area contributed by atoms with Gasteiger partial charge in [-0.3, -0.25) is 9.59 Å². The lowest BCUT2D eigenvalue weighted by Crippen LogP contribution is -2.26. The number of carbonyl (C=O) groups is 2. The van der Waals surface area contributed by atoms with E-state index in [-0.39, 0.29) is 17.0 Å². The first-order valence-electron chi connectivity index (χ1n) is 8.56. The summed E-state index contributed by atoms with van der Waals surface area (Å²) in [5.41, 5.74) is 4.38. The van der Waals surface area contributed by atoms with Crippen LogP contribution in [-0.2, 0) is 11.8 Å². The maximum Gasteiger partial charge on any atom is 0.194 e. The number of ketones is 2. The predicted octanol–water partition coefficient (Wildman–Crippen LogP) is 4.96. The first kappa shape index (κ1) is 16.6. The van der Waals surface area contributed by atoms with Crippen LogP contribution in [0.4, 0.5) is 0 Å². The lowest BCUT2D eigenvalue weighted by molar-refractivity contribution is 0.0978. The zero-order chi connectivity index (χ0) is 17.6. The molecule has 2 aromatic rings. The molecule has 3 rings (SSSR count). The Hall–Kier alpha value is -2.22. The van der Waals surface area contributed by atoms with Gasteiger partial charge >= 0.3 is 0 Å². The minimum absolute atomic E-state index is 0.0121.